The summed E-state index contributed by atoms with van der Waals surface area (Å²) in [5, 5.41) is 7.60. The summed E-state index contributed by atoms with van der Waals surface area (Å²) in [7, 11) is 1.32. The molecule has 0 aliphatic heterocycles. The predicted molar refractivity (Wildman–Crippen MR) is 44.9 cm³/mol. The van der Waals surface area contributed by atoms with E-state index in [2.05, 4.69) is 14.9 Å². The SMILES string of the molecule is COC(=O)CSc1nnc(CN)o1.[Cl-]. The molecular formula is C6H9ClN3O3S-. The van der Waals surface area contributed by atoms with E-state index in [9.17, 15) is 4.79 Å². The Bertz CT molecular complexity index is 294. The summed E-state index contributed by atoms with van der Waals surface area (Å²) in [5.41, 5.74) is 5.25. The summed E-state index contributed by atoms with van der Waals surface area (Å²) in [6.07, 6.45) is 0. The summed E-state index contributed by atoms with van der Waals surface area (Å²) in [6, 6.07) is 0. The van der Waals surface area contributed by atoms with Crippen LogP contribution in [0.3, 0.4) is 0 Å². The number of rotatable bonds is 4. The van der Waals surface area contributed by atoms with Gasteiger partial charge in [0.05, 0.1) is 13.7 Å². The van der Waals surface area contributed by atoms with E-state index in [-0.39, 0.29) is 30.7 Å². The molecule has 0 unspecified atom stereocenters. The number of nitrogens with two attached hydrogens (primary N) is 1. The van der Waals surface area contributed by atoms with Gasteiger partial charge in [-0.3, -0.25) is 4.79 Å². The zero-order valence-electron chi connectivity index (χ0n) is 7.40. The first-order chi connectivity index (χ1) is 6.26. The lowest BCUT2D eigenvalue weighted by Crippen LogP contribution is -3.00. The van der Waals surface area contributed by atoms with Crippen LogP contribution in [0, 0.1) is 0 Å². The van der Waals surface area contributed by atoms with Crippen LogP contribution in [0.5, 0.6) is 0 Å². The number of halogens is 1. The van der Waals surface area contributed by atoms with Gasteiger partial charge in [-0.25, -0.2) is 0 Å². The molecule has 0 atom stereocenters. The molecule has 8 heteroatoms. The monoisotopic (exact) mass is 238 g/mol. The number of carbonyl (C=O) groups is 1. The number of carbonyl (C=O) groups excluding carboxylic acids is 1. The summed E-state index contributed by atoms with van der Waals surface area (Å²) in [6.45, 7) is 0.200. The Morgan fingerprint density at radius 3 is 2.86 bits per heavy atom. The third-order valence-electron chi connectivity index (χ3n) is 1.16. The molecule has 80 valence electrons. The molecular weight excluding hydrogens is 230 g/mol. The zero-order chi connectivity index (χ0) is 9.68. The zero-order valence-corrected chi connectivity index (χ0v) is 8.97. The van der Waals surface area contributed by atoms with Gasteiger partial charge < -0.3 is 27.3 Å². The average molecular weight is 239 g/mol. The van der Waals surface area contributed by atoms with Crippen molar-refractivity contribution in [3.63, 3.8) is 0 Å². The van der Waals surface area contributed by atoms with Crippen LogP contribution in [0.25, 0.3) is 0 Å². The first-order valence-electron chi connectivity index (χ1n) is 3.48. The molecule has 1 aromatic rings. The van der Waals surface area contributed by atoms with Crippen molar-refractivity contribution in [3.05, 3.63) is 5.89 Å². The number of methoxy groups -OCH3 is 1. The van der Waals surface area contributed by atoms with Crippen molar-refractivity contribution in [1.82, 2.24) is 10.2 Å². The third-order valence-corrected chi connectivity index (χ3v) is 1.96. The second-order valence-electron chi connectivity index (χ2n) is 2.03. The first-order valence-corrected chi connectivity index (χ1v) is 4.47. The van der Waals surface area contributed by atoms with Crippen molar-refractivity contribution in [2.75, 3.05) is 12.9 Å². The van der Waals surface area contributed by atoms with Crippen LogP contribution in [0.1, 0.15) is 5.89 Å². The highest BCUT2D eigenvalue weighted by atomic mass is 35.5. The molecule has 0 saturated heterocycles. The van der Waals surface area contributed by atoms with Gasteiger partial charge in [0.2, 0.25) is 5.89 Å². The van der Waals surface area contributed by atoms with Gasteiger partial charge in [-0.1, -0.05) is 11.8 Å². The normalized spacial score (nSPS) is 9.29. The molecule has 0 fully saturated rings. The van der Waals surface area contributed by atoms with Crippen molar-refractivity contribution in [2.24, 2.45) is 5.73 Å². The highest BCUT2D eigenvalue weighted by Crippen LogP contribution is 2.15. The molecule has 0 aliphatic carbocycles. The van der Waals surface area contributed by atoms with E-state index in [4.69, 9.17) is 10.2 Å². The molecule has 2 N–H and O–H groups in total. The summed E-state index contributed by atoms with van der Waals surface area (Å²) in [5.74, 6) is 0.174. The molecule has 6 nitrogen and oxygen atoms in total. The molecule has 0 amide bonds. The van der Waals surface area contributed by atoms with E-state index in [1.54, 1.807) is 0 Å². The van der Waals surface area contributed by atoms with Gasteiger partial charge in [0.1, 0.15) is 5.75 Å². The van der Waals surface area contributed by atoms with Crippen molar-refractivity contribution in [2.45, 2.75) is 11.8 Å². The topological polar surface area (TPSA) is 91.2 Å². The molecule has 0 spiro atoms. The molecule has 0 aromatic carbocycles. The largest absolute Gasteiger partial charge is 1.00 e. The quantitative estimate of drug-likeness (QED) is 0.436. The smallest absolute Gasteiger partial charge is 0.316 e. The fourth-order valence-corrected chi connectivity index (χ4v) is 1.17. The van der Waals surface area contributed by atoms with Crippen LogP contribution < -0.4 is 18.1 Å². The molecule has 0 bridgehead atoms. The van der Waals surface area contributed by atoms with Crippen LogP contribution in [0.2, 0.25) is 0 Å². The maximum atomic E-state index is 10.7. The van der Waals surface area contributed by atoms with E-state index in [1.807, 2.05) is 0 Å². The number of esters is 1. The average Bonchev–Trinajstić information content (AvgIpc) is 2.61. The fourth-order valence-electron chi connectivity index (χ4n) is 0.559. The van der Waals surface area contributed by atoms with Gasteiger partial charge in [0, 0.05) is 0 Å². The van der Waals surface area contributed by atoms with Crippen LogP contribution >= 0.6 is 11.8 Å². The van der Waals surface area contributed by atoms with E-state index in [0.717, 1.165) is 11.8 Å². The Morgan fingerprint density at radius 1 is 1.64 bits per heavy atom. The van der Waals surface area contributed by atoms with E-state index >= 15 is 0 Å². The number of hydrogen-bond donors (Lipinski definition) is 1. The van der Waals surface area contributed by atoms with E-state index in [0.29, 0.717) is 11.1 Å². The number of aromatic nitrogens is 2. The second kappa shape index (κ2) is 6.63. The Labute approximate surface area is 91.0 Å². The summed E-state index contributed by atoms with van der Waals surface area (Å²) >= 11 is 1.12. The Balaban J connectivity index is 0.00000169. The molecule has 14 heavy (non-hydrogen) atoms. The Morgan fingerprint density at radius 2 is 2.36 bits per heavy atom. The van der Waals surface area contributed by atoms with Crippen LogP contribution in [-0.4, -0.2) is 29.0 Å². The molecule has 0 aliphatic rings. The van der Waals surface area contributed by atoms with Gasteiger partial charge in [-0.2, -0.15) is 0 Å². The number of thioether (sulfide) groups is 1. The van der Waals surface area contributed by atoms with Gasteiger partial charge in [0.15, 0.2) is 0 Å². The number of hydrogen-bond acceptors (Lipinski definition) is 7. The minimum absolute atomic E-state index is 0. The predicted octanol–water partition coefficient (Wildman–Crippen LogP) is -3.20. The minimum atomic E-state index is -0.336. The molecule has 1 rings (SSSR count). The molecule has 0 saturated carbocycles. The number of ether oxygens (including phenoxy) is 1. The minimum Gasteiger partial charge on any atom is -1.00 e. The van der Waals surface area contributed by atoms with Crippen molar-refractivity contribution in [3.8, 4) is 0 Å². The summed E-state index contributed by atoms with van der Waals surface area (Å²) in [4.78, 5) is 10.7. The lowest BCUT2D eigenvalue weighted by molar-refractivity contribution is -0.137. The Kier molecular flexibility index (Phi) is 6.26. The first kappa shape index (κ1) is 13.2. The highest BCUT2D eigenvalue weighted by Gasteiger charge is 2.08. The van der Waals surface area contributed by atoms with Crippen molar-refractivity contribution < 1.29 is 26.4 Å². The molecule has 1 aromatic heterocycles. The second-order valence-corrected chi connectivity index (χ2v) is 2.96. The van der Waals surface area contributed by atoms with Crippen molar-refractivity contribution >= 4 is 17.7 Å². The fraction of sp³-hybridized carbons (Fsp3) is 0.500. The van der Waals surface area contributed by atoms with E-state index in [1.165, 1.54) is 7.11 Å². The molecule has 1 heterocycles. The Hall–Kier alpha value is -0.790. The standard InChI is InChI=1S/C6H9N3O3S.ClH/c1-11-5(10)3-13-6-9-8-4(2-7)12-6;/h2-3,7H2,1H3;1H/p-1. The maximum absolute atomic E-state index is 10.7. The van der Waals surface area contributed by atoms with Gasteiger partial charge >= 0.3 is 5.97 Å². The lowest BCUT2D eigenvalue weighted by Gasteiger charge is -1.93. The maximum Gasteiger partial charge on any atom is 0.316 e. The van der Waals surface area contributed by atoms with Gasteiger partial charge in [-0.15, -0.1) is 10.2 Å². The van der Waals surface area contributed by atoms with Gasteiger partial charge in [-0.05, 0) is 0 Å². The van der Waals surface area contributed by atoms with Crippen LogP contribution in [0.15, 0.2) is 9.64 Å². The van der Waals surface area contributed by atoms with Crippen molar-refractivity contribution in [1.29, 1.82) is 0 Å². The third kappa shape index (κ3) is 3.95. The van der Waals surface area contributed by atoms with Crippen LogP contribution in [0.4, 0.5) is 0 Å². The highest BCUT2D eigenvalue weighted by molar-refractivity contribution is 7.99. The number of nitrogens with zero attached hydrogens (tertiary/aromatic N) is 2. The molecule has 0 radical (unpaired) electrons. The lowest BCUT2D eigenvalue weighted by atomic mass is 10.7. The summed E-state index contributed by atoms with van der Waals surface area (Å²) < 4.78 is 9.47. The van der Waals surface area contributed by atoms with Gasteiger partial charge in [0.25, 0.3) is 5.22 Å². The van der Waals surface area contributed by atoms with E-state index < -0.39 is 0 Å². The van der Waals surface area contributed by atoms with Crippen LogP contribution in [-0.2, 0) is 16.1 Å².